The van der Waals surface area contributed by atoms with Gasteiger partial charge in [-0.15, -0.1) is 0 Å². The molecule has 0 bridgehead atoms. The van der Waals surface area contributed by atoms with Crippen LogP contribution >= 0.6 is 8.16 Å². The SMILES string of the molecule is C/C=C/CS(=O)(=O)O.FP(F)(F)(F)F.[H-].[Li+]. The molecule has 11 heteroatoms. The normalized spacial score (nSPS) is 14.5. The topological polar surface area (TPSA) is 54.4 Å². The van der Waals surface area contributed by atoms with E-state index in [4.69, 9.17) is 4.55 Å². The van der Waals surface area contributed by atoms with Crippen molar-refractivity contribution in [2.45, 2.75) is 6.92 Å². The van der Waals surface area contributed by atoms with Crippen molar-refractivity contribution in [3.05, 3.63) is 12.2 Å². The Kier molecular flexibility index (Phi) is 9.40. The molecule has 0 atom stereocenters. The Hall–Kier alpha value is 0.327. The summed E-state index contributed by atoms with van der Waals surface area (Å²) >= 11 is 0. The van der Waals surface area contributed by atoms with Crippen LogP contribution in [-0.2, 0) is 10.1 Å². The van der Waals surface area contributed by atoms with Crippen LogP contribution in [0.2, 0.25) is 0 Å². The molecule has 0 rings (SSSR count). The monoisotopic (exact) mass is 270 g/mol. The number of hydrogen-bond donors (Lipinski definition) is 1. The summed E-state index contributed by atoms with van der Waals surface area (Å²) in [7, 11) is -12.3. The van der Waals surface area contributed by atoms with Gasteiger partial charge in [-0.1, -0.05) is 12.2 Å². The molecule has 15 heavy (non-hydrogen) atoms. The molecule has 3 nitrogen and oxygen atoms in total. The van der Waals surface area contributed by atoms with Gasteiger partial charge in [-0.2, -0.15) is 8.42 Å². The summed E-state index contributed by atoms with van der Waals surface area (Å²) in [6.45, 7) is 1.69. The molecular weight excluding hydrogens is 261 g/mol. The summed E-state index contributed by atoms with van der Waals surface area (Å²) in [6, 6.07) is 0. The van der Waals surface area contributed by atoms with Crippen molar-refractivity contribution in [2.75, 3.05) is 5.75 Å². The van der Waals surface area contributed by atoms with E-state index in [0.717, 1.165) is 0 Å². The summed E-state index contributed by atoms with van der Waals surface area (Å²) in [5, 5.41) is 0. The Bertz CT molecular complexity index is 284. The molecule has 0 aromatic heterocycles. The second-order valence-corrected chi connectivity index (χ2v) is 4.73. The van der Waals surface area contributed by atoms with Crippen molar-refractivity contribution in [2.24, 2.45) is 0 Å². The van der Waals surface area contributed by atoms with Crippen LogP contribution in [0.3, 0.4) is 0 Å². The number of halogens is 5. The van der Waals surface area contributed by atoms with Gasteiger partial charge in [-0.3, -0.25) is 4.55 Å². The molecule has 0 aliphatic rings. The van der Waals surface area contributed by atoms with Crippen molar-refractivity contribution in [3.8, 4) is 0 Å². The Balaban J connectivity index is -0.0000000825. The minimum absolute atomic E-state index is 0. The summed E-state index contributed by atoms with van der Waals surface area (Å²) in [4.78, 5) is 0. The maximum Gasteiger partial charge on any atom is 1.00 e. The van der Waals surface area contributed by atoms with Crippen molar-refractivity contribution in [1.29, 1.82) is 0 Å². The van der Waals surface area contributed by atoms with Gasteiger partial charge in [-0.25, -0.2) is 0 Å². The van der Waals surface area contributed by atoms with E-state index >= 15 is 0 Å². The van der Waals surface area contributed by atoms with Gasteiger partial charge < -0.3 is 1.43 Å². The van der Waals surface area contributed by atoms with E-state index in [1.54, 1.807) is 13.0 Å². The van der Waals surface area contributed by atoms with Crippen LogP contribution in [-0.4, -0.2) is 18.7 Å². The van der Waals surface area contributed by atoms with E-state index < -0.39 is 18.3 Å². The van der Waals surface area contributed by atoms with Crippen molar-refractivity contribution in [1.82, 2.24) is 0 Å². The zero-order valence-electron chi connectivity index (χ0n) is 8.87. The summed E-state index contributed by atoms with van der Waals surface area (Å²) in [5.41, 5.74) is 0. The van der Waals surface area contributed by atoms with Gasteiger partial charge in [0.15, 0.2) is 0 Å². The first-order valence-electron chi connectivity index (χ1n) is 2.97. The van der Waals surface area contributed by atoms with Gasteiger partial charge in [0, 0.05) is 0 Å². The molecule has 0 unspecified atom stereocenters. The first kappa shape index (κ1) is 20.7. The Morgan fingerprint density at radius 2 is 1.53 bits per heavy atom. The van der Waals surface area contributed by atoms with Crippen LogP contribution in [0.5, 0.6) is 0 Å². The van der Waals surface area contributed by atoms with Crippen molar-refractivity contribution in [3.63, 3.8) is 0 Å². The number of hydrogen-bond acceptors (Lipinski definition) is 2. The fraction of sp³-hybridized carbons (Fsp3) is 0.500. The molecule has 0 saturated heterocycles. The number of rotatable bonds is 2. The van der Waals surface area contributed by atoms with Gasteiger partial charge in [0.1, 0.15) is 0 Å². The van der Waals surface area contributed by atoms with E-state index in [-0.39, 0.29) is 26.0 Å². The van der Waals surface area contributed by atoms with Crippen LogP contribution in [0.4, 0.5) is 21.0 Å². The Morgan fingerprint density at radius 1 is 1.27 bits per heavy atom. The van der Waals surface area contributed by atoms with Crippen LogP contribution < -0.4 is 18.9 Å². The molecule has 0 aliphatic carbocycles. The van der Waals surface area contributed by atoms with E-state index in [2.05, 4.69) is 0 Å². The molecule has 0 aromatic rings. The van der Waals surface area contributed by atoms with Gasteiger partial charge in [-0.05, 0) is 6.92 Å². The van der Waals surface area contributed by atoms with Gasteiger partial charge >= 0.3 is 48.0 Å². The van der Waals surface area contributed by atoms with Gasteiger partial charge in [0.05, 0.1) is 5.75 Å². The molecule has 90 valence electrons. The van der Waals surface area contributed by atoms with E-state index in [9.17, 15) is 29.4 Å². The minimum atomic E-state index is -8.55. The fourth-order valence-electron chi connectivity index (χ4n) is 0.218. The summed E-state index contributed by atoms with van der Waals surface area (Å²) < 4.78 is 77.1. The molecule has 0 fully saturated rings. The second kappa shape index (κ2) is 6.81. The quantitative estimate of drug-likeness (QED) is 0.262. The molecular formula is C4H9F5LiO3PS. The average molecular weight is 270 g/mol. The predicted octanol–water partition coefficient (Wildman–Crippen LogP) is 0.529. The van der Waals surface area contributed by atoms with Crippen molar-refractivity contribution < 1.29 is 54.2 Å². The number of allylic oxidation sites excluding steroid dienone is 1. The van der Waals surface area contributed by atoms with Gasteiger partial charge in [0.25, 0.3) is 10.1 Å². The first-order chi connectivity index (χ1) is 5.80. The molecule has 0 amide bonds. The fourth-order valence-corrected chi connectivity index (χ4v) is 0.653. The first-order valence-corrected chi connectivity index (χ1v) is 6.27. The molecule has 0 heterocycles. The Morgan fingerprint density at radius 3 is 1.60 bits per heavy atom. The molecule has 0 spiro atoms. The third kappa shape index (κ3) is 76.7. The third-order valence-electron chi connectivity index (χ3n) is 0.543. The van der Waals surface area contributed by atoms with E-state index in [0.29, 0.717) is 0 Å². The minimum Gasteiger partial charge on any atom is -1.00 e. The molecule has 0 radical (unpaired) electrons. The molecule has 0 saturated carbocycles. The van der Waals surface area contributed by atoms with E-state index in [1.165, 1.54) is 6.08 Å². The van der Waals surface area contributed by atoms with Crippen LogP contribution in [0, 0.1) is 0 Å². The molecule has 0 aromatic carbocycles. The summed E-state index contributed by atoms with van der Waals surface area (Å²) in [6.07, 6.45) is 2.93. The molecule has 1 N–H and O–H groups in total. The van der Waals surface area contributed by atoms with E-state index in [1.807, 2.05) is 0 Å². The van der Waals surface area contributed by atoms with Crippen molar-refractivity contribution >= 4 is 18.3 Å². The summed E-state index contributed by atoms with van der Waals surface area (Å²) in [5.74, 6) is -0.288. The van der Waals surface area contributed by atoms with Crippen LogP contribution in [0.25, 0.3) is 0 Å². The molecule has 0 aliphatic heterocycles. The second-order valence-electron chi connectivity index (χ2n) is 1.96. The maximum atomic E-state index is 9.89. The van der Waals surface area contributed by atoms with Crippen LogP contribution in [0.1, 0.15) is 8.35 Å². The van der Waals surface area contributed by atoms with Gasteiger partial charge in [0.2, 0.25) is 0 Å². The standard InChI is InChI=1S/C4H8O3S.F5P.Li.H/c1-2-3-4-8(5,6)7;1-6(2,3,4)5;;/h2-3H,4H2,1H3,(H,5,6,7);;;/q;;+1;-1/b3-2+;;;. The zero-order chi connectivity index (χ0) is 12.1. The average Bonchev–Trinajstić information content (AvgIpc) is 1.75. The third-order valence-corrected chi connectivity index (χ3v) is 1.16. The predicted molar refractivity (Wildman–Crippen MR) is 44.8 cm³/mol. The maximum absolute atomic E-state index is 9.89. The largest absolute Gasteiger partial charge is 1.00 e. The zero-order valence-corrected chi connectivity index (χ0v) is 9.58. The Labute approximate surface area is 97.7 Å². The smallest absolute Gasteiger partial charge is 1.00 e. The van der Waals surface area contributed by atoms with Crippen LogP contribution in [0.15, 0.2) is 12.2 Å².